The SMILES string of the molecule is C/C=C(\NC(=O)CC(C)C)C(=O)OCOC(=O)C1=C(S/C=C/NC(C)=O)C[C@@H]2[C@H]([C@H](C)OS(=O)(=O)O)C(=O)N12. The molecule has 0 saturated carbocycles. The van der Waals surface area contributed by atoms with Crippen LogP contribution in [0.4, 0.5) is 0 Å². The number of ether oxygens (including phenoxy) is 2. The van der Waals surface area contributed by atoms with Crippen LogP contribution in [0.1, 0.15) is 47.5 Å². The number of rotatable bonds is 13. The average molecular weight is 590 g/mol. The van der Waals surface area contributed by atoms with E-state index >= 15 is 0 Å². The Hall–Kier alpha value is -3.21. The van der Waals surface area contributed by atoms with Crippen molar-refractivity contribution in [2.24, 2.45) is 11.8 Å². The van der Waals surface area contributed by atoms with Crippen molar-refractivity contribution >= 4 is 51.8 Å². The molecule has 1 saturated heterocycles. The van der Waals surface area contributed by atoms with Gasteiger partial charge in [-0.25, -0.2) is 13.8 Å². The highest BCUT2D eigenvalue weighted by atomic mass is 32.3. The van der Waals surface area contributed by atoms with Gasteiger partial charge in [-0.1, -0.05) is 31.7 Å². The molecule has 3 atom stereocenters. The third-order valence-electron chi connectivity index (χ3n) is 5.46. The number of amides is 3. The van der Waals surface area contributed by atoms with Crippen molar-refractivity contribution in [2.75, 3.05) is 6.79 Å². The fourth-order valence-corrected chi connectivity index (χ4v) is 5.29. The van der Waals surface area contributed by atoms with Crippen LogP contribution in [0, 0.1) is 11.8 Å². The molecular formula is C23H31N3O11S2. The second-order valence-electron chi connectivity index (χ2n) is 8.96. The van der Waals surface area contributed by atoms with E-state index in [2.05, 4.69) is 14.8 Å². The number of carbonyl (C=O) groups excluding carboxylic acids is 5. The zero-order chi connectivity index (χ0) is 29.5. The summed E-state index contributed by atoms with van der Waals surface area (Å²) in [5, 5.41) is 6.32. The van der Waals surface area contributed by atoms with Crippen molar-refractivity contribution in [3.05, 3.63) is 34.0 Å². The van der Waals surface area contributed by atoms with Gasteiger partial charge >= 0.3 is 22.3 Å². The molecule has 0 aliphatic carbocycles. The minimum atomic E-state index is -4.82. The molecule has 3 N–H and O–H groups in total. The van der Waals surface area contributed by atoms with Crippen molar-refractivity contribution in [1.29, 1.82) is 0 Å². The van der Waals surface area contributed by atoms with Crippen LogP contribution in [0.25, 0.3) is 0 Å². The lowest BCUT2D eigenvalue weighted by molar-refractivity contribution is -0.169. The summed E-state index contributed by atoms with van der Waals surface area (Å²) in [6.45, 7) is 6.96. The van der Waals surface area contributed by atoms with E-state index in [0.717, 1.165) is 16.7 Å². The van der Waals surface area contributed by atoms with Gasteiger partial charge in [-0.3, -0.25) is 18.9 Å². The van der Waals surface area contributed by atoms with Gasteiger partial charge in [0.15, 0.2) is 0 Å². The Morgan fingerprint density at radius 1 is 1.21 bits per heavy atom. The van der Waals surface area contributed by atoms with E-state index in [0.29, 0.717) is 4.91 Å². The molecule has 0 bridgehead atoms. The maximum absolute atomic E-state index is 12.9. The molecule has 0 unspecified atom stereocenters. The highest BCUT2D eigenvalue weighted by molar-refractivity contribution is 8.05. The first-order valence-electron chi connectivity index (χ1n) is 11.8. The minimum absolute atomic E-state index is 0.0650. The van der Waals surface area contributed by atoms with Crippen molar-refractivity contribution in [2.45, 2.75) is 59.6 Å². The Bertz CT molecular complexity index is 1210. The lowest BCUT2D eigenvalue weighted by atomic mass is 9.83. The predicted molar refractivity (Wildman–Crippen MR) is 137 cm³/mol. The fraction of sp³-hybridized carbons (Fsp3) is 0.522. The molecule has 0 aromatic carbocycles. The van der Waals surface area contributed by atoms with Crippen molar-refractivity contribution in [3.8, 4) is 0 Å². The lowest BCUT2D eigenvalue weighted by Crippen LogP contribution is -2.62. The molecule has 0 spiro atoms. The number of hydrogen-bond acceptors (Lipinski definition) is 11. The summed E-state index contributed by atoms with van der Waals surface area (Å²) < 4.78 is 45.7. The number of β-lactam (4-membered cyclic amide) rings is 1. The highest BCUT2D eigenvalue weighted by Gasteiger charge is 2.58. The molecule has 0 radical (unpaired) electrons. The van der Waals surface area contributed by atoms with E-state index in [9.17, 15) is 32.4 Å². The van der Waals surface area contributed by atoms with Crippen LogP contribution in [-0.4, -0.2) is 66.5 Å². The normalized spacial score (nSPS) is 20.0. The molecule has 14 nitrogen and oxygen atoms in total. The standard InChI is InChI=1S/C23H31N3O11S2/c1-6-15(25-18(28)9-12(2)3)22(30)35-11-36-23(31)20-17(38-8-7-24-14(5)27)10-16-19(21(29)26(16)20)13(4)37-39(32,33)34/h6-8,12-13,16,19H,9-11H2,1-5H3,(H,24,27)(H,25,28)(H,32,33,34)/b8-7+,15-6-/t13-,16+,19-/m0/s1. The molecule has 39 heavy (non-hydrogen) atoms. The van der Waals surface area contributed by atoms with Gasteiger partial charge in [0.1, 0.15) is 11.4 Å². The van der Waals surface area contributed by atoms with Gasteiger partial charge in [0.2, 0.25) is 24.5 Å². The largest absolute Gasteiger partial charge is 0.423 e. The molecule has 1 fully saturated rings. The summed E-state index contributed by atoms with van der Waals surface area (Å²) in [6.07, 6.45) is 1.76. The topological polar surface area (TPSA) is 195 Å². The van der Waals surface area contributed by atoms with Crippen LogP contribution in [0.5, 0.6) is 0 Å². The lowest BCUT2D eigenvalue weighted by Gasteiger charge is -2.45. The quantitative estimate of drug-likeness (QED) is 0.0911. The van der Waals surface area contributed by atoms with Crippen molar-refractivity contribution in [1.82, 2.24) is 15.5 Å². The van der Waals surface area contributed by atoms with Crippen LogP contribution in [0.3, 0.4) is 0 Å². The highest BCUT2D eigenvalue weighted by Crippen LogP contribution is 2.48. The summed E-state index contributed by atoms with van der Waals surface area (Å²) in [5.41, 5.74) is -0.282. The summed E-state index contributed by atoms with van der Waals surface area (Å²) in [5.74, 6) is -4.20. The maximum atomic E-state index is 12.9. The third-order valence-corrected chi connectivity index (χ3v) is 6.93. The first-order valence-corrected chi connectivity index (χ1v) is 14.0. The summed E-state index contributed by atoms with van der Waals surface area (Å²) in [4.78, 5) is 62.6. The van der Waals surface area contributed by atoms with E-state index in [1.165, 1.54) is 38.5 Å². The zero-order valence-electron chi connectivity index (χ0n) is 22.0. The maximum Gasteiger partial charge on any atom is 0.397 e. The first kappa shape index (κ1) is 32.0. The van der Waals surface area contributed by atoms with Crippen molar-refractivity contribution < 1.29 is 50.6 Å². The van der Waals surface area contributed by atoms with Gasteiger partial charge in [-0.2, -0.15) is 8.42 Å². The zero-order valence-corrected chi connectivity index (χ0v) is 23.6. The number of nitrogens with zero attached hydrogens (tertiary/aromatic N) is 1. The van der Waals surface area contributed by atoms with Gasteiger partial charge < -0.3 is 25.0 Å². The molecule has 0 aromatic rings. The number of carbonyl (C=O) groups is 5. The molecule has 2 aliphatic rings. The number of hydrogen-bond donors (Lipinski definition) is 3. The number of esters is 2. The molecule has 2 aliphatic heterocycles. The summed E-state index contributed by atoms with van der Waals surface area (Å²) in [7, 11) is -4.82. The second-order valence-corrected chi connectivity index (χ2v) is 11.0. The molecule has 216 valence electrons. The predicted octanol–water partition coefficient (Wildman–Crippen LogP) is 1.09. The molecule has 16 heteroatoms. The molecular weight excluding hydrogens is 558 g/mol. The van der Waals surface area contributed by atoms with Crippen LogP contribution in [0.15, 0.2) is 34.0 Å². The number of fused-ring (bicyclic) bond motifs is 1. The van der Waals surface area contributed by atoms with E-state index in [1.54, 1.807) is 0 Å². The van der Waals surface area contributed by atoms with Gasteiger partial charge in [-0.15, -0.1) is 0 Å². The molecule has 0 aromatic heterocycles. The first-order chi connectivity index (χ1) is 18.2. The molecule has 2 rings (SSSR count). The smallest absolute Gasteiger partial charge is 0.397 e. The average Bonchev–Trinajstić information content (AvgIpc) is 3.12. The van der Waals surface area contributed by atoms with E-state index in [-0.39, 0.29) is 42.0 Å². The summed E-state index contributed by atoms with van der Waals surface area (Å²) in [6, 6.07) is -0.665. The van der Waals surface area contributed by atoms with Gasteiger partial charge in [-0.05, 0) is 25.2 Å². The van der Waals surface area contributed by atoms with Gasteiger partial charge in [0.25, 0.3) is 0 Å². The third kappa shape index (κ3) is 8.91. The number of allylic oxidation sites excluding steroid dienone is 1. The number of thioether (sulfide) groups is 1. The van der Waals surface area contributed by atoms with E-state index in [4.69, 9.17) is 14.0 Å². The minimum Gasteiger partial charge on any atom is -0.423 e. The molecule has 3 amide bonds. The van der Waals surface area contributed by atoms with Crippen molar-refractivity contribution in [3.63, 3.8) is 0 Å². The van der Waals surface area contributed by atoms with Crippen LogP contribution >= 0.6 is 11.8 Å². The second kappa shape index (κ2) is 13.7. The monoisotopic (exact) mass is 589 g/mol. The Balaban J connectivity index is 2.11. The fourth-order valence-electron chi connectivity index (χ4n) is 3.93. The Morgan fingerprint density at radius 2 is 1.87 bits per heavy atom. The van der Waals surface area contributed by atoms with Crippen LogP contribution < -0.4 is 10.6 Å². The van der Waals surface area contributed by atoms with E-state index < -0.39 is 53.1 Å². The van der Waals surface area contributed by atoms with E-state index in [1.807, 2.05) is 13.8 Å². The van der Waals surface area contributed by atoms with Gasteiger partial charge in [0.05, 0.1) is 18.1 Å². The molecule has 2 heterocycles. The Labute approximate surface area is 230 Å². The van der Waals surface area contributed by atoms with Crippen LogP contribution in [-0.2, 0) is 48.0 Å². The van der Waals surface area contributed by atoms with Gasteiger partial charge in [0, 0.05) is 30.9 Å². The number of nitrogens with one attached hydrogen (secondary N) is 2. The summed E-state index contributed by atoms with van der Waals surface area (Å²) >= 11 is 1.02. The Morgan fingerprint density at radius 3 is 2.44 bits per heavy atom. The van der Waals surface area contributed by atoms with Crippen LogP contribution in [0.2, 0.25) is 0 Å². The Kier molecular flexibility index (Phi) is 11.3.